The van der Waals surface area contributed by atoms with E-state index in [0.717, 1.165) is 32.2 Å². The zero-order chi connectivity index (χ0) is 15.1. The van der Waals surface area contributed by atoms with Crippen molar-refractivity contribution in [2.24, 2.45) is 17.3 Å². The number of amides is 1. The molecule has 3 aliphatic rings. The fourth-order valence-electron chi connectivity index (χ4n) is 4.39. The van der Waals surface area contributed by atoms with Crippen LogP contribution in [0.5, 0.6) is 0 Å². The Bertz CT molecular complexity index is 404. The highest BCUT2D eigenvalue weighted by Crippen LogP contribution is 2.46. The van der Waals surface area contributed by atoms with Gasteiger partial charge in [0.05, 0.1) is 11.3 Å². The van der Waals surface area contributed by atoms with E-state index in [0.29, 0.717) is 12.5 Å². The lowest BCUT2D eigenvalue weighted by Crippen LogP contribution is -2.52. The van der Waals surface area contributed by atoms with Crippen LogP contribution in [0.2, 0.25) is 0 Å². The van der Waals surface area contributed by atoms with Crippen LogP contribution >= 0.6 is 0 Å². The molecule has 0 bridgehead atoms. The van der Waals surface area contributed by atoms with E-state index in [9.17, 15) is 18.0 Å². The van der Waals surface area contributed by atoms with Crippen molar-refractivity contribution in [2.75, 3.05) is 26.2 Å². The molecule has 0 radical (unpaired) electrons. The molecule has 0 spiro atoms. The Morgan fingerprint density at radius 3 is 2.52 bits per heavy atom. The maximum atomic E-state index is 12.9. The SMILES string of the molecule is O=C(N1CCC(C(F)(F)F)CC1)[C@@]12CCCC[C@H]1CNC2. The Morgan fingerprint density at radius 2 is 1.86 bits per heavy atom. The van der Waals surface area contributed by atoms with Gasteiger partial charge in [0.15, 0.2) is 0 Å². The number of nitrogens with zero attached hydrogens (tertiary/aromatic N) is 1. The maximum Gasteiger partial charge on any atom is 0.391 e. The van der Waals surface area contributed by atoms with E-state index < -0.39 is 12.1 Å². The second-order valence-electron chi connectivity index (χ2n) is 6.84. The van der Waals surface area contributed by atoms with Gasteiger partial charge in [0, 0.05) is 19.6 Å². The Balaban J connectivity index is 1.66. The summed E-state index contributed by atoms with van der Waals surface area (Å²) in [5.74, 6) is -0.750. The predicted octanol–water partition coefficient (Wildman–Crippen LogP) is 2.57. The molecule has 0 aromatic carbocycles. The van der Waals surface area contributed by atoms with Crippen LogP contribution in [-0.2, 0) is 4.79 Å². The number of fused-ring (bicyclic) bond motifs is 1. The molecule has 0 unspecified atom stereocenters. The highest BCUT2D eigenvalue weighted by molar-refractivity contribution is 5.84. The summed E-state index contributed by atoms with van der Waals surface area (Å²) >= 11 is 0. The van der Waals surface area contributed by atoms with Crippen LogP contribution in [0, 0.1) is 17.3 Å². The largest absolute Gasteiger partial charge is 0.391 e. The van der Waals surface area contributed by atoms with Crippen LogP contribution in [0.25, 0.3) is 0 Å². The highest BCUT2D eigenvalue weighted by atomic mass is 19.4. The van der Waals surface area contributed by atoms with Gasteiger partial charge in [0.1, 0.15) is 0 Å². The van der Waals surface area contributed by atoms with Gasteiger partial charge < -0.3 is 10.2 Å². The van der Waals surface area contributed by atoms with Crippen LogP contribution in [-0.4, -0.2) is 43.2 Å². The summed E-state index contributed by atoms with van der Waals surface area (Å²) in [6, 6.07) is 0. The summed E-state index contributed by atoms with van der Waals surface area (Å²) in [6.45, 7) is 2.11. The molecule has 2 heterocycles. The maximum absolute atomic E-state index is 12.9. The molecule has 6 heteroatoms. The molecule has 2 saturated heterocycles. The van der Waals surface area contributed by atoms with Gasteiger partial charge in [-0.2, -0.15) is 13.2 Å². The standard InChI is InChI=1S/C15H23F3N2O/c16-15(17,18)11-4-7-20(8-5-11)13(21)14-6-2-1-3-12(14)9-19-10-14/h11-12,19H,1-10H2/t12-,14+/m0/s1. The van der Waals surface area contributed by atoms with Gasteiger partial charge in [-0.25, -0.2) is 0 Å². The number of rotatable bonds is 1. The lowest BCUT2D eigenvalue weighted by molar-refractivity contribution is -0.188. The number of halogens is 3. The summed E-state index contributed by atoms with van der Waals surface area (Å²) in [7, 11) is 0. The van der Waals surface area contributed by atoms with Gasteiger partial charge in [-0.3, -0.25) is 4.79 Å². The summed E-state index contributed by atoms with van der Waals surface area (Å²) in [5, 5.41) is 3.33. The number of alkyl halides is 3. The van der Waals surface area contributed by atoms with Gasteiger partial charge in [0.2, 0.25) is 5.91 Å². The van der Waals surface area contributed by atoms with E-state index in [-0.39, 0.29) is 37.3 Å². The van der Waals surface area contributed by atoms with Gasteiger partial charge in [-0.1, -0.05) is 12.8 Å². The van der Waals surface area contributed by atoms with Crippen LogP contribution < -0.4 is 5.32 Å². The zero-order valence-corrected chi connectivity index (χ0v) is 12.2. The van der Waals surface area contributed by atoms with Crippen LogP contribution in [0.15, 0.2) is 0 Å². The van der Waals surface area contributed by atoms with Crippen molar-refractivity contribution in [3.63, 3.8) is 0 Å². The zero-order valence-electron chi connectivity index (χ0n) is 12.2. The van der Waals surface area contributed by atoms with Crippen molar-refractivity contribution in [3.05, 3.63) is 0 Å². The minimum Gasteiger partial charge on any atom is -0.342 e. The lowest BCUT2D eigenvalue weighted by Gasteiger charge is -2.43. The quantitative estimate of drug-likeness (QED) is 0.807. The molecule has 1 amide bonds. The second-order valence-corrected chi connectivity index (χ2v) is 6.84. The average Bonchev–Trinajstić information content (AvgIpc) is 2.90. The molecule has 2 aliphatic heterocycles. The molecule has 1 N–H and O–H groups in total. The first-order valence-corrected chi connectivity index (χ1v) is 8.00. The average molecular weight is 304 g/mol. The summed E-state index contributed by atoms with van der Waals surface area (Å²) in [6.07, 6.45) is 0.184. The predicted molar refractivity (Wildman–Crippen MR) is 72.6 cm³/mol. The van der Waals surface area contributed by atoms with Crippen LogP contribution in [0.4, 0.5) is 13.2 Å². The molecule has 1 aliphatic carbocycles. The fourth-order valence-corrected chi connectivity index (χ4v) is 4.39. The second kappa shape index (κ2) is 5.45. The van der Waals surface area contributed by atoms with Crippen LogP contribution in [0.1, 0.15) is 38.5 Å². The molecular formula is C15H23F3N2O. The topological polar surface area (TPSA) is 32.3 Å². The van der Waals surface area contributed by atoms with E-state index in [2.05, 4.69) is 5.32 Å². The molecule has 0 aromatic heterocycles. The molecule has 2 atom stereocenters. The summed E-state index contributed by atoms with van der Waals surface area (Å²) < 4.78 is 38.2. The first-order valence-electron chi connectivity index (χ1n) is 8.00. The van der Waals surface area contributed by atoms with Crippen molar-refractivity contribution in [1.29, 1.82) is 0 Å². The van der Waals surface area contributed by atoms with E-state index in [1.807, 2.05) is 0 Å². The molecule has 3 rings (SSSR count). The third-order valence-corrected chi connectivity index (χ3v) is 5.71. The molecule has 1 saturated carbocycles. The lowest BCUT2D eigenvalue weighted by atomic mass is 9.67. The molecule has 21 heavy (non-hydrogen) atoms. The number of hydrogen-bond acceptors (Lipinski definition) is 2. The van der Waals surface area contributed by atoms with Gasteiger partial charge in [-0.15, -0.1) is 0 Å². The van der Waals surface area contributed by atoms with Crippen molar-refractivity contribution in [1.82, 2.24) is 10.2 Å². The number of carbonyl (C=O) groups excluding carboxylic acids is 1. The van der Waals surface area contributed by atoms with Gasteiger partial charge in [0.25, 0.3) is 0 Å². The molecular weight excluding hydrogens is 281 g/mol. The van der Waals surface area contributed by atoms with Crippen molar-refractivity contribution in [3.8, 4) is 0 Å². The molecule has 3 fully saturated rings. The third kappa shape index (κ3) is 2.67. The number of piperidine rings is 1. The number of nitrogens with one attached hydrogen (secondary N) is 1. The Kier molecular flexibility index (Phi) is 3.93. The smallest absolute Gasteiger partial charge is 0.342 e. The Labute approximate surface area is 123 Å². The Hall–Kier alpha value is -0.780. The highest BCUT2D eigenvalue weighted by Gasteiger charge is 2.52. The number of carbonyl (C=O) groups is 1. The van der Waals surface area contributed by atoms with Crippen molar-refractivity contribution < 1.29 is 18.0 Å². The van der Waals surface area contributed by atoms with Crippen molar-refractivity contribution >= 4 is 5.91 Å². The number of hydrogen-bond donors (Lipinski definition) is 1. The first kappa shape index (κ1) is 15.1. The normalized spacial score (nSPS) is 34.8. The van der Waals surface area contributed by atoms with Gasteiger partial charge in [-0.05, 0) is 38.1 Å². The minimum absolute atomic E-state index is 0.0589. The van der Waals surface area contributed by atoms with E-state index >= 15 is 0 Å². The Morgan fingerprint density at radius 1 is 1.14 bits per heavy atom. The number of likely N-dealkylation sites (tertiary alicyclic amines) is 1. The minimum atomic E-state index is -4.12. The molecule has 120 valence electrons. The van der Waals surface area contributed by atoms with Crippen molar-refractivity contribution in [2.45, 2.75) is 44.7 Å². The summed E-state index contributed by atoms with van der Waals surface area (Å²) in [4.78, 5) is 14.6. The van der Waals surface area contributed by atoms with E-state index in [4.69, 9.17) is 0 Å². The monoisotopic (exact) mass is 304 g/mol. The third-order valence-electron chi connectivity index (χ3n) is 5.71. The fraction of sp³-hybridized carbons (Fsp3) is 0.933. The van der Waals surface area contributed by atoms with E-state index in [1.54, 1.807) is 4.90 Å². The van der Waals surface area contributed by atoms with Gasteiger partial charge >= 0.3 is 6.18 Å². The first-order chi connectivity index (χ1) is 9.93. The molecule has 0 aromatic rings. The summed E-state index contributed by atoms with van der Waals surface area (Å²) in [5.41, 5.74) is -0.330. The van der Waals surface area contributed by atoms with Crippen LogP contribution in [0.3, 0.4) is 0 Å². The molecule has 3 nitrogen and oxygen atoms in total. The van der Waals surface area contributed by atoms with E-state index in [1.165, 1.54) is 0 Å².